The van der Waals surface area contributed by atoms with Gasteiger partial charge >= 0.3 is 6.18 Å². The van der Waals surface area contributed by atoms with Crippen molar-refractivity contribution >= 4 is 11.9 Å². The quantitative estimate of drug-likeness (QED) is 0.627. The summed E-state index contributed by atoms with van der Waals surface area (Å²) in [4.78, 5) is 21.6. The average Bonchev–Trinajstić information content (AvgIpc) is 3.24. The van der Waals surface area contributed by atoms with Gasteiger partial charge in [0, 0.05) is 31.2 Å². The Morgan fingerprint density at radius 1 is 1.28 bits per heavy atom. The third-order valence-corrected chi connectivity index (χ3v) is 6.68. The van der Waals surface area contributed by atoms with E-state index in [0.29, 0.717) is 31.9 Å². The smallest absolute Gasteiger partial charge is 0.423 e. The van der Waals surface area contributed by atoms with E-state index in [-0.39, 0.29) is 43.4 Å². The van der Waals surface area contributed by atoms with Crippen molar-refractivity contribution in [1.82, 2.24) is 29.6 Å². The predicted molar refractivity (Wildman–Crippen MR) is 117 cm³/mol. The number of ether oxygens (including phenoxy) is 2. The van der Waals surface area contributed by atoms with Crippen LogP contribution in [0, 0.1) is 11.3 Å². The molecular weight excluding hydrogens is 481 g/mol. The van der Waals surface area contributed by atoms with Crippen molar-refractivity contribution in [2.24, 2.45) is 0 Å². The van der Waals surface area contributed by atoms with Crippen LogP contribution in [0.3, 0.4) is 0 Å². The molecule has 14 heteroatoms. The maximum atomic E-state index is 13.4. The number of fused-ring (bicyclic) bond motifs is 1. The lowest BCUT2D eigenvalue weighted by molar-refractivity contribution is -0.142. The van der Waals surface area contributed by atoms with Gasteiger partial charge in [-0.3, -0.25) is 4.79 Å². The van der Waals surface area contributed by atoms with Gasteiger partial charge in [0.1, 0.15) is 23.9 Å². The average molecular weight is 506 g/mol. The Kier molecular flexibility index (Phi) is 6.65. The highest BCUT2D eigenvalue weighted by atomic mass is 19.4. The number of aromatic nitrogens is 5. The summed E-state index contributed by atoms with van der Waals surface area (Å²) in [5, 5.41) is 20.6. The number of carbonyl (C=O) groups excluding carboxylic acids is 1. The second kappa shape index (κ2) is 9.88. The first-order valence-electron chi connectivity index (χ1n) is 11.8. The zero-order valence-corrected chi connectivity index (χ0v) is 19.4. The van der Waals surface area contributed by atoms with Gasteiger partial charge in [-0.2, -0.15) is 23.4 Å². The number of anilines is 1. The molecule has 2 atom stereocenters. The Balaban J connectivity index is 1.27. The molecule has 1 N–H and O–H groups in total. The number of hydrogen-bond donors (Lipinski definition) is 1. The Hall–Kier alpha value is -3.47. The zero-order valence-electron chi connectivity index (χ0n) is 19.4. The van der Waals surface area contributed by atoms with E-state index in [1.165, 1.54) is 0 Å². The number of hydrogen-bond acceptors (Lipinski definition) is 9. The van der Waals surface area contributed by atoms with Crippen LogP contribution in [0.1, 0.15) is 55.2 Å². The number of amides is 1. The van der Waals surface area contributed by atoms with Gasteiger partial charge in [0.2, 0.25) is 17.7 Å². The summed E-state index contributed by atoms with van der Waals surface area (Å²) < 4.78 is 52.6. The van der Waals surface area contributed by atoms with E-state index in [2.05, 4.69) is 25.5 Å². The largest absolute Gasteiger partial charge is 0.469 e. The second-order valence-corrected chi connectivity index (χ2v) is 9.17. The molecule has 1 aliphatic carbocycles. The SMILES string of the molecule is N#CCC(=O)N1CCn2c(nnc2[C@H]2CCC[C@@H](Nc3ncc(C(F)(F)F)c(OC4COC4)n3)C2)C1. The highest BCUT2D eigenvalue weighted by molar-refractivity contribution is 5.78. The fourth-order valence-electron chi connectivity index (χ4n) is 4.77. The molecule has 2 aliphatic heterocycles. The molecule has 1 amide bonds. The number of nitrogens with zero attached hydrogens (tertiary/aromatic N) is 7. The minimum Gasteiger partial charge on any atom is -0.469 e. The highest BCUT2D eigenvalue weighted by Crippen LogP contribution is 2.37. The Labute approximate surface area is 204 Å². The van der Waals surface area contributed by atoms with Gasteiger partial charge in [0.25, 0.3) is 0 Å². The molecule has 3 aliphatic rings. The van der Waals surface area contributed by atoms with Gasteiger partial charge in [-0.25, -0.2) is 4.98 Å². The standard InChI is InChI=1S/C22H25F3N8O3/c23-22(24,25)16-9-27-21(29-20(16)36-15-11-35-12-15)28-14-3-1-2-13(8-14)19-31-30-17-10-32(6-7-33(17)19)18(34)4-5-26/h9,13-15H,1-4,6-8,10-12H2,(H,27,28,29)/t13-,14+/m0/s1. The van der Waals surface area contributed by atoms with E-state index >= 15 is 0 Å². The van der Waals surface area contributed by atoms with Gasteiger partial charge in [0.05, 0.1) is 25.8 Å². The Morgan fingerprint density at radius 3 is 2.83 bits per heavy atom. The minimum atomic E-state index is -4.63. The molecule has 0 aromatic carbocycles. The van der Waals surface area contributed by atoms with Gasteiger partial charge in [-0.1, -0.05) is 6.42 Å². The van der Waals surface area contributed by atoms with Crippen LogP contribution < -0.4 is 10.1 Å². The number of rotatable bonds is 6. The molecule has 0 bridgehead atoms. The maximum absolute atomic E-state index is 13.4. The summed E-state index contributed by atoms with van der Waals surface area (Å²) in [6.45, 7) is 1.80. The Bertz CT molecular complexity index is 1160. The van der Waals surface area contributed by atoms with Crippen molar-refractivity contribution in [2.45, 2.75) is 69.4 Å². The van der Waals surface area contributed by atoms with Gasteiger partial charge in [-0.15, -0.1) is 10.2 Å². The van der Waals surface area contributed by atoms with Crippen LogP contribution in [-0.2, 0) is 28.8 Å². The minimum absolute atomic E-state index is 0.0642. The number of nitriles is 1. The first kappa shape index (κ1) is 24.2. The molecule has 11 nitrogen and oxygen atoms in total. The lowest BCUT2D eigenvalue weighted by Crippen LogP contribution is -2.39. The molecule has 2 aromatic heterocycles. The molecule has 192 valence electrons. The summed E-state index contributed by atoms with van der Waals surface area (Å²) in [6, 6.07) is 1.81. The predicted octanol–water partition coefficient (Wildman–Crippen LogP) is 2.26. The lowest BCUT2D eigenvalue weighted by Gasteiger charge is -2.32. The molecular formula is C22H25F3N8O3. The fraction of sp³-hybridized carbons (Fsp3) is 0.636. The van der Waals surface area contributed by atoms with Crippen molar-refractivity contribution in [1.29, 1.82) is 5.26 Å². The number of alkyl halides is 3. The summed E-state index contributed by atoms with van der Waals surface area (Å²) in [6.07, 6.45) is -1.22. The molecule has 36 heavy (non-hydrogen) atoms. The summed E-state index contributed by atoms with van der Waals surface area (Å²) in [7, 11) is 0. The number of carbonyl (C=O) groups is 1. The third-order valence-electron chi connectivity index (χ3n) is 6.68. The van der Waals surface area contributed by atoms with Crippen LogP contribution in [0.25, 0.3) is 0 Å². The Morgan fingerprint density at radius 2 is 2.11 bits per heavy atom. The summed E-state index contributed by atoms with van der Waals surface area (Å²) >= 11 is 0. The topological polar surface area (TPSA) is 131 Å². The molecule has 2 fully saturated rings. The summed E-state index contributed by atoms with van der Waals surface area (Å²) in [5.74, 6) is 0.981. The van der Waals surface area contributed by atoms with E-state index in [9.17, 15) is 18.0 Å². The van der Waals surface area contributed by atoms with Crippen molar-refractivity contribution in [3.63, 3.8) is 0 Å². The van der Waals surface area contributed by atoms with Crippen molar-refractivity contribution in [2.75, 3.05) is 25.1 Å². The van der Waals surface area contributed by atoms with Crippen molar-refractivity contribution in [3.8, 4) is 11.9 Å². The zero-order chi connectivity index (χ0) is 25.3. The first-order valence-corrected chi connectivity index (χ1v) is 11.8. The molecule has 0 radical (unpaired) electrons. The maximum Gasteiger partial charge on any atom is 0.423 e. The molecule has 1 saturated carbocycles. The number of halogens is 3. The van der Waals surface area contributed by atoms with E-state index in [0.717, 1.165) is 31.3 Å². The van der Waals surface area contributed by atoms with E-state index in [1.54, 1.807) is 4.90 Å². The highest BCUT2D eigenvalue weighted by Gasteiger charge is 2.38. The van der Waals surface area contributed by atoms with Crippen LogP contribution in [0.2, 0.25) is 0 Å². The third kappa shape index (κ3) is 5.06. The second-order valence-electron chi connectivity index (χ2n) is 9.17. The van der Waals surface area contributed by atoms with Crippen LogP contribution in [0.4, 0.5) is 19.1 Å². The van der Waals surface area contributed by atoms with Crippen molar-refractivity contribution < 1.29 is 27.4 Å². The molecule has 0 unspecified atom stereocenters. The van der Waals surface area contributed by atoms with Gasteiger partial charge < -0.3 is 24.3 Å². The van der Waals surface area contributed by atoms with Crippen LogP contribution >= 0.6 is 0 Å². The van der Waals surface area contributed by atoms with Gasteiger partial charge in [-0.05, 0) is 19.3 Å². The normalized spacial score (nSPS) is 22.3. The first-order chi connectivity index (χ1) is 17.3. The monoisotopic (exact) mass is 506 g/mol. The molecule has 1 saturated heterocycles. The van der Waals surface area contributed by atoms with Crippen molar-refractivity contribution in [3.05, 3.63) is 23.4 Å². The molecule has 4 heterocycles. The summed E-state index contributed by atoms with van der Waals surface area (Å²) in [5.41, 5.74) is -1.01. The van der Waals surface area contributed by atoms with Gasteiger partial charge in [0.15, 0.2) is 5.82 Å². The van der Waals surface area contributed by atoms with Crippen LogP contribution in [-0.4, -0.2) is 67.4 Å². The van der Waals surface area contributed by atoms with E-state index in [1.807, 2.05) is 10.6 Å². The molecule has 5 rings (SSSR count). The fourth-order valence-corrected chi connectivity index (χ4v) is 4.77. The van der Waals surface area contributed by atoms with Crippen LogP contribution in [0.15, 0.2) is 6.20 Å². The van der Waals surface area contributed by atoms with E-state index < -0.39 is 23.7 Å². The molecule has 0 spiro atoms. The van der Waals surface area contributed by atoms with E-state index in [4.69, 9.17) is 14.7 Å². The lowest BCUT2D eigenvalue weighted by atomic mass is 9.85. The number of nitrogens with one attached hydrogen (secondary N) is 1. The molecule has 2 aromatic rings. The van der Waals surface area contributed by atoms with Crippen LogP contribution in [0.5, 0.6) is 5.88 Å².